The van der Waals surface area contributed by atoms with E-state index in [1.807, 2.05) is 24.3 Å². The maximum Gasteiger partial charge on any atom is 0.245 e. The van der Waals surface area contributed by atoms with Gasteiger partial charge in [0.1, 0.15) is 5.52 Å². The number of H-pyrrole nitrogens is 1. The van der Waals surface area contributed by atoms with Gasteiger partial charge in [-0.3, -0.25) is 0 Å². The second-order valence-electron chi connectivity index (χ2n) is 3.50. The van der Waals surface area contributed by atoms with Crippen LogP contribution in [0.25, 0.3) is 33.4 Å². The molecule has 1 N–H and O–H groups in total. The normalized spacial score (nSPS) is 11.8. The van der Waals surface area contributed by atoms with Gasteiger partial charge in [-0.25, -0.2) is 14.6 Å². The summed E-state index contributed by atoms with van der Waals surface area (Å²) in [5.74, 6) is 0. The van der Waals surface area contributed by atoms with Gasteiger partial charge < -0.3 is 4.98 Å². The van der Waals surface area contributed by atoms with E-state index >= 15 is 0 Å². The number of aromatic nitrogens is 5. The Morgan fingerprint density at radius 3 is 2.75 bits per heavy atom. The molecule has 4 rings (SSSR count). The average molecular weight is 211 g/mol. The molecule has 3 aromatic heterocycles. The highest BCUT2D eigenvalue weighted by Crippen LogP contribution is 2.23. The molecule has 0 unspecified atom stereocenters. The van der Waals surface area contributed by atoms with E-state index in [1.165, 1.54) is 0 Å². The number of para-hydroxylation sites is 1. The lowest BCUT2D eigenvalue weighted by atomic mass is 10.2. The average Bonchev–Trinajstić information content (AvgIpc) is 2.88. The minimum Gasteiger partial charge on any atom is -0.338 e. The number of aromatic amines is 1. The van der Waals surface area contributed by atoms with E-state index in [2.05, 4.69) is 29.9 Å². The number of rotatable bonds is 0. The fourth-order valence-electron chi connectivity index (χ4n) is 1.84. The standard InChI is InChI=1S/C10H5N5O/c1-2-4-6-5(3-1)7-8(11-6)13-10-9(12-7)14-16-15-10/h1-4H,(H,11,13,15). The van der Waals surface area contributed by atoms with Crippen LogP contribution in [0.4, 0.5) is 0 Å². The van der Waals surface area contributed by atoms with E-state index in [0.29, 0.717) is 16.9 Å². The minimum atomic E-state index is 0.416. The first-order valence-electron chi connectivity index (χ1n) is 4.78. The SMILES string of the molecule is c1ccc2c(c1)[nH]c1nc3nonc3nc12. The highest BCUT2D eigenvalue weighted by Gasteiger charge is 2.10. The van der Waals surface area contributed by atoms with Crippen molar-refractivity contribution in [3.8, 4) is 0 Å². The summed E-state index contributed by atoms with van der Waals surface area (Å²) in [5.41, 5.74) is 3.33. The van der Waals surface area contributed by atoms with Gasteiger partial charge in [0.25, 0.3) is 0 Å². The van der Waals surface area contributed by atoms with Crippen LogP contribution in [0.15, 0.2) is 28.9 Å². The lowest BCUT2D eigenvalue weighted by molar-refractivity contribution is 0.314. The fourth-order valence-corrected chi connectivity index (χ4v) is 1.84. The topological polar surface area (TPSA) is 80.5 Å². The van der Waals surface area contributed by atoms with E-state index in [-0.39, 0.29) is 0 Å². The van der Waals surface area contributed by atoms with Crippen LogP contribution in [0, 0.1) is 0 Å². The van der Waals surface area contributed by atoms with Crippen LogP contribution in [0.3, 0.4) is 0 Å². The van der Waals surface area contributed by atoms with Gasteiger partial charge in [-0.05, 0) is 16.4 Å². The first-order valence-corrected chi connectivity index (χ1v) is 4.78. The van der Waals surface area contributed by atoms with Crippen molar-refractivity contribution in [1.82, 2.24) is 25.3 Å². The Morgan fingerprint density at radius 1 is 1.00 bits per heavy atom. The molecule has 0 spiro atoms. The smallest absolute Gasteiger partial charge is 0.245 e. The van der Waals surface area contributed by atoms with Crippen LogP contribution in [-0.2, 0) is 0 Å². The van der Waals surface area contributed by atoms with Gasteiger partial charge in [0.2, 0.25) is 11.3 Å². The maximum absolute atomic E-state index is 4.58. The molecule has 1 aromatic carbocycles. The van der Waals surface area contributed by atoms with Crippen molar-refractivity contribution in [3.63, 3.8) is 0 Å². The Labute approximate surface area is 88.3 Å². The molecule has 4 aromatic rings. The molecule has 76 valence electrons. The van der Waals surface area contributed by atoms with E-state index in [9.17, 15) is 0 Å². The first kappa shape index (κ1) is 7.75. The summed E-state index contributed by atoms with van der Waals surface area (Å²) in [5, 5.41) is 8.36. The highest BCUT2D eigenvalue weighted by molar-refractivity contribution is 6.04. The van der Waals surface area contributed by atoms with E-state index < -0.39 is 0 Å². The number of hydrogen-bond donors (Lipinski definition) is 1. The molecule has 0 aliphatic heterocycles. The van der Waals surface area contributed by atoms with Gasteiger partial charge in [-0.15, -0.1) is 0 Å². The highest BCUT2D eigenvalue weighted by atomic mass is 16.6. The molecule has 0 bridgehead atoms. The van der Waals surface area contributed by atoms with Crippen molar-refractivity contribution in [2.24, 2.45) is 0 Å². The summed E-state index contributed by atoms with van der Waals surface area (Å²) >= 11 is 0. The van der Waals surface area contributed by atoms with Crippen molar-refractivity contribution in [2.75, 3.05) is 0 Å². The zero-order valence-electron chi connectivity index (χ0n) is 8.01. The van der Waals surface area contributed by atoms with Gasteiger partial charge in [0, 0.05) is 10.9 Å². The molecular formula is C10H5N5O. The lowest BCUT2D eigenvalue weighted by Crippen LogP contribution is -1.83. The third-order valence-electron chi connectivity index (χ3n) is 2.55. The maximum atomic E-state index is 4.58. The Balaban J connectivity index is 2.32. The molecule has 0 radical (unpaired) electrons. The molecular weight excluding hydrogens is 206 g/mol. The number of fused-ring (bicyclic) bond motifs is 4. The lowest BCUT2D eigenvalue weighted by Gasteiger charge is -1.87. The second-order valence-corrected chi connectivity index (χ2v) is 3.50. The summed E-state index contributed by atoms with van der Waals surface area (Å²) in [4.78, 5) is 11.8. The summed E-state index contributed by atoms with van der Waals surface area (Å²) in [7, 11) is 0. The molecule has 0 fully saturated rings. The van der Waals surface area contributed by atoms with Gasteiger partial charge >= 0.3 is 0 Å². The van der Waals surface area contributed by atoms with Crippen molar-refractivity contribution in [3.05, 3.63) is 24.3 Å². The molecule has 6 heteroatoms. The Morgan fingerprint density at radius 2 is 1.81 bits per heavy atom. The van der Waals surface area contributed by atoms with Gasteiger partial charge in [0.15, 0.2) is 5.65 Å². The molecule has 0 aliphatic carbocycles. The largest absolute Gasteiger partial charge is 0.338 e. The van der Waals surface area contributed by atoms with Crippen LogP contribution >= 0.6 is 0 Å². The van der Waals surface area contributed by atoms with Crippen LogP contribution in [0.1, 0.15) is 0 Å². The van der Waals surface area contributed by atoms with Crippen LogP contribution in [0.5, 0.6) is 0 Å². The molecule has 16 heavy (non-hydrogen) atoms. The van der Waals surface area contributed by atoms with Crippen LogP contribution < -0.4 is 0 Å². The number of benzene rings is 1. The molecule has 0 aliphatic rings. The monoisotopic (exact) mass is 211 g/mol. The molecule has 0 atom stereocenters. The van der Waals surface area contributed by atoms with E-state index in [0.717, 1.165) is 16.4 Å². The predicted octanol–water partition coefficient (Wildman–Crippen LogP) is 1.65. The van der Waals surface area contributed by atoms with Crippen molar-refractivity contribution >= 4 is 33.4 Å². The molecule has 3 heterocycles. The Hall–Kier alpha value is -2.50. The summed E-state index contributed by atoms with van der Waals surface area (Å²) in [6, 6.07) is 7.89. The predicted molar refractivity (Wildman–Crippen MR) is 56.8 cm³/mol. The van der Waals surface area contributed by atoms with E-state index in [4.69, 9.17) is 0 Å². The number of hydrogen-bond acceptors (Lipinski definition) is 5. The molecule has 6 nitrogen and oxygen atoms in total. The summed E-state index contributed by atoms with van der Waals surface area (Å²) in [6.45, 7) is 0. The zero-order valence-corrected chi connectivity index (χ0v) is 8.01. The molecule has 0 saturated carbocycles. The Bertz CT molecular complexity index is 816. The summed E-state index contributed by atoms with van der Waals surface area (Å²) < 4.78 is 4.58. The molecule has 0 saturated heterocycles. The van der Waals surface area contributed by atoms with Crippen molar-refractivity contribution in [2.45, 2.75) is 0 Å². The van der Waals surface area contributed by atoms with Crippen LogP contribution in [-0.4, -0.2) is 25.3 Å². The third-order valence-corrected chi connectivity index (χ3v) is 2.55. The van der Waals surface area contributed by atoms with Gasteiger partial charge in [-0.2, -0.15) is 0 Å². The molecule has 0 amide bonds. The number of nitrogens with zero attached hydrogens (tertiary/aromatic N) is 4. The third kappa shape index (κ3) is 0.855. The first-order chi connectivity index (χ1) is 7.92. The van der Waals surface area contributed by atoms with Gasteiger partial charge in [0.05, 0.1) is 0 Å². The zero-order chi connectivity index (χ0) is 10.5. The van der Waals surface area contributed by atoms with Crippen molar-refractivity contribution in [1.29, 1.82) is 0 Å². The van der Waals surface area contributed by atoms with Gasteiger partial charge in [-0.1, -0.05) is 18.2 Å². The Kier molecular flexibility index (Phi) is 1.23. The van der Waals surface area contributed by atoms with Crippen molar-refractivity contribution < 1.29 is 4.63 Å². The number of nitrogens with one attached hydrogen (secondary N) is 1. The minimum absolute atomic E-state index is 0.416. The van der Waals surface area contributed by atoms with Crippen LogP contribution in [0.2, 0.25) is 0 Å². The second kappa shape index (κ2) is 2.54. The van der Waals surface area contributed by atoms with E-state index in [1.54, 1.807) is 0 Å². The quantitative estimate of drug-likeness (QED) is 0.478. The summed E-state index contributed by atoms with van der Waals surface area (Å²) in [6.07, 6.45) is 0. The fraction of sp³-hybridized carbons (Fsp3) is 0.